The molecule has 92 valence electrons. The zero-order valence-corrected chi connectivity index (χ0v) is 10.2. The Labute approximate surface area is 105 Å². The summed E-state index contributed by atoms with van der Waals surface area (Å²) in [6.45, 7) is 0. The number of hydrogen-bond acceptors (Lipinski definition) is 3. The van der Waals surface area contributed by atoms with Gasteiger partial charge in [0.15, 0.2) is 0 Å². The highest BCUT2D eigenvalue weighted by Crippen LogP contribution is 2.22. The fraction of sp³-hybridized carbons (Fsp3) is 0.231. The molecule has 0 fully saturated rings. The van der Waals surface area contributed by atoms with Crippen molar-refractivity contribution in [1.29, 1.82) is 0 Å². The van der Waals surface area contributed by atoms with Crippen LogP contribution in [0.1, 0.15) is 17.4 Å². The van der Waals surface area contributed by atoms with Gasteiger partial charge in [-0.1, -0.05) is 18.2 Å². The molecule has 0 unspecified atom stereocenters. The largest absolute Gasteiger partial charge is 0.361 e. The fourth-order valence-electron chi connectivity index (χ4n) is 2.26. The van der Waals surface area contributed by atoms with Crippen LogP contribution < -0.4 is 5.73 Å². The normalized spacial score (nSPS) is 13.0. The SMILES string of the molecule is Cn1cnnc1[C@H](N)Cc1c[nH]c2ccccc12. The highest BCUT2D eigenvalue weighted by atomic mass is 15.3. The van der Waals surface area contributed by atoms with E-state index >= 15 is 0 Å². The smallest absolute Gasteiger partial charge is 0.149 e. The van der Waals surface area contributed by atoms with Crippen molar-refractivity contribution >= 4 is 10.9 Å². The molecule has 0 amide bonds. The number of rotatable bonds is 3. The molecule has 18 heavy (non-hydrogen) atoms. The van der Waals surface area contributed by atoms with Crippen LogP contribution in [-0.2, 0) is 13.5 Å². The van der Waals surface area contributed by atoms with Crippen molar-refractivity contribution in [2.24, 2.45) is 12.8 Å². The van der Waals surface area contributed by atoms with Gasteiger partial charge in [0.05, 0.1) is 6.04 Å². The first-order valence-electron chi connectivity index (χ1n) is 5.90. The summed E-state index contributed by atoms with van der Waals surface area (Å²) in [6.07, 6.45) is 4.43. The number of aryl methyl sites for hydroxylation is 1. The molecule has 3 rings (SSSR count). The fourth-order valence-corrected chi connectivity index (χ4v) is 2.26. The van der Waals surface area contributed by atoms with Crippen LogP contribution in [0, 0.1) is 0 Å². The second-order valence-electron chi connectivity index (χ2n) is 4.47. The number of H-pyrrole nitrogens is 1. The third kappa shape index (κ3) is 1.78. The molecule has 3 N–H and O–H groups in total. The summed E-state index contributed by atoms with van der Waals surface area (Å²) < 4.78 is 1.86. The van der Waals surface area contributed by atoms with Gasteiger partial charge in [0.25, 0.3) is 0 Å². The van der Waals surface area contributed by atoms with Gasteiger partial charge in [-0.2, -0.15) is 0 Å². The first-order valence-corrected chi connectivity index (χ1v) is 5.90. The van der Waals surface area contributed by atoms with Gasteiger partial charge < -0.3 is 15.3 Å². The number of benzene rings is 1. The summed E-state index contributed by atoms with van der Waals surface area (Å²) in [7, 11) is 1.91. The van der Waals surface area contributed by atoms with Gasteiger partial charge in [-0.3, -0.25) is 0 Å². The lowest BCUT2D eigenvalue weighted by Gasteiger charge is -2.09. The summed E-state index contributed by atoms with van der Waals surface area (Å²) in [5, 5.41) is 9.13. The van der Waals surface area contributed by atoms with Crippen LogP contribution in [0.5, 0.6) is 0 Å². The standard InChI is InChI=1S/C13H15N5/c1-18-8-16-17-13(18)11(14)6-9-7-15-12-5-3-2-4-10(9)12/h2-5,7-8,11,15H,6,14H2,1H3/t11-/m1/s1. The predicted molar refractivity (Wildman–Crippen MR) is 69.9 cm³/mol. The van der Waals surface area contributed by atoms with Crippen molar-refractivity contribution in [2.45, 2.75) is 12.5 Å². The maximum absolute atomic E-state index is 6.19. The minimum Gasteiger partial charge on any atom is -0.361 e. The van der Waals surface area contributed by atoms with E-state index in [9.17, 15) is 0 Å². The lowest BCUT2D eigenvalue weighted by Crippen LogP contribution is -2.17. The zero-order valence-electron chi connectivity index (χ0n) is 10.2. The second kappa shape index (κ2) is 4.27. The van der Waals surface area contributed by atoms with Crippen molar-refractivity contribution in [3.8, 4) is 0 Å². The van der Waals surface area contributed by atoms with Gasteiger partial charge >= 0.3 is 0 Å². The van der Waals surface area contributed by atoms with E-state index in [0.29, 0.717) is 0 Å². The van der Waals surface area contributed by atoms with Crippen molar-refractivity contribution in [1.82, 2.24) is 19.7 Å². The Morgan fingerprint density at radius 3 is 3.00 bits per heavy atom. The average molecular weight is 241 g/mol. The molecule has 0 aliphatic heterocycles. The molecule has 0 bridgehead atoms. The van der Waals surface area contributed by atoms with Gasteiger partial charge in [-0.05, 0) is 18.1 Å². The monoisotopic (exact) mass is 241 g/mol. The molecule has 1 aromatic carbocycles. The topological polar surface area (TPSA) is 72.5 Å². The first-order chi connectivity index (χ1) is 8.75. The van der Waals surface area contributed by atoms with Gasteiger partial charge in [0.2, 0.25) is 0 Å². The molecule has 2 aromatic heterocycles. The summed E-state index contributed by atoms with van der Waals surface area (Å²) >= 11 is 0. The minimum atomic E-state index is -0.142. The summed E-state index contributed by atoms with van der Waals surface area (Å²) in [5.41, 5.74) is 8.53. The van der Waals surface area contributed by atoms with Crippen LogP contribution >= 0.6 is 0 Å². The third-order valence-corrected chi connectivity index (χ3v) is 3.19. The van der Waals surface area contributed by atoms with Crippen LogP contribution in [-0.4, -0.2) is 19.7 Å². The molecule has 0 spiro atoms. The number of aromatic amines is 1. The highest BCUT2D eigenvalue weighted by molar-refractivity contribution is 5.83. The molecule has 1 atom stereocenters. The lowest BCUT2D eigenvalue weighted by atomic mass is 10.1. The van der Waals surface area contributed by atoms with Gasteiger partial charge in [0.1, 0.15) is 12.2 Å². The van der Waals surface area contributed by atoms with E-state index in [2.05, 4.69) is 27.3 Å². The van der Waals surface area contributed by atoms with E-state index in [-0.39, 0.29) is 6.04 Å². The summed E-state index contributed by atoms with van der Waals surface area (Å²) in [5.74, 6) is 0.806. The van der Waals surface area contributed by atoms with Crippen molar-refractivity contribution in [2.75, 3.05) is 0 Å². The Hall–Kier alpha value is -2.14. The van der Waals surface area contributed by atoms with Crippen LogP contribution in [0.2, 0.25) is 0 Å². The van der Waals surface area contributed by atoms with E-state index < -0.39 is 0 Å². The quantitative estimate of drug-likeness (QED) is 0.730. The van der Waals surface area contributed by atoms with E-state index in [4.69, 9.17) is 5.73 Å². The Morgan fingerprint density at radius 2 is 2.22 bits per heavy atom. The molecule has 2 heterocycles. The van der Waals surface area contributed by atoms with Gasteiger partial charge in [0, 0.05) is 24.1 Å². The first kappa shape index (κ1) is 11.0. The van der Waals surface area contributed by atoms with Crippen LogP contribution in [0.15, 0.2) is 36.8 Å². The zero-order chi connectivity index (χ0) is 12.5. The lowest BCUT2D eigenvalue weighted by molar-refractivity contribution is 0.631. The van der Waals surface area contributed by atoms with E-state index in [0.717, 1.165) is 17.8 Å². The molecular weight excluding hydrogens is 226 g/mol. The molecule has 0 saturated heterocycles. The minimum absolute atomic E-state index is 0.142. The summed E-state index contributed by atoms with van der Waals surface area (Å²) in [6, 6.07) is 8.08. The van der Waals surface area contributed by atoms with Crippen LogP contribution in [0.3, 0.4) is 0 Å². The Kier molecular flexibility index (Phi) is 2.60. The molecule has 5 heteroatoms. The second-order valence-corrected chi connectivity index (χ2v) is 4.47. The Balaban J connectivity index is 1.91. The van der Waals surface area contributed by atoms with Crippen molar-refractivity contribution in [3.63, 3.8) is 0 Å². The molecular formula is C13H15N5. The number of para-hydroxylation sites is 1. The number of nitrogens with zero attached hydrogens (tertiary/aromatic N) is 3. The van der Waals surface area contributed by atoms with Crippen LogP contribution in [0.25, 0.3) is 10.9 Å². The van der Waals surface area contributed by atoms with E-state index in [1.165, 1.54) is 10.9 Å². The predicted octanol–water partition coefficient (Wildman–Crippen LogP) is 1.54. The number of hydrogen-bond donors (Lipinski definition) is 2. The van der Waals surface area contributed by atoms with Gasteiger partial charge in [-0.25, -0.2) is 0 Å². The number of nitrogens with one attached hydrogen (secondary N) is 1. The maximum Gasteiger partial charge on any atom is 0.149 e. The maximum atomic E-state index is 6.19. The highest BCUT2D eigenvalue weighted by Gasteiger charge is 2.14. The molecule has 0 radical (unpaired) electrons. The molecule has 0 aliphatic carbocycles. The third-order valence-electron chi connectivity index (χ3n) is 3.19. The van der Waals surface area contributed by atoms with Crippen LogP contribution in [0.4, 0.5) is 0 Å². The molecule has 0 saturated carbocycles. The number of aromatic nitrogens is 4. The Bertz CT molecular complexity index is 667. The average Bonchev–Trinajstić information content (AvgIpc) is 2.97. The van der Waals surface area contributed by atoms with Gasteiger partial charge in [-0.15, -0.1) is 10.2 Å². The Morgan fingerprint density at radius 1 is 1.39 bits per heavy atom. The molecule has 5 nitrogen and oxygen atoms in total. The number of fused-ring (bicyclic) bond motifs is 1. The summed E-state index contributed by atoms with van der Waals surface area (Å²) in [4.78, 5) is 3.26. The molecule has 0 aliphatic rings. The van der Waals surface area contributed by atoms with E-state index in [1.54, 1.807) is 6.33 Å². The van der Waals surface area contributed by atoms with Crippen molar-refractivity contribution in [3.05, 3.63) is 48.2 Å². The van der Waals surface area contributed by atoms with E-state index in [1.807, 2.05) is 29.9 Å². The van der Waals surface area contributed by atoms with Crippen molar-refractivity contribution < 1.29 is 0 Å². The number of nitrogens with two attached hydrogens (primary N) is 1. The molecule has 3 aromatic rings.